The fraction of sp³-hybridized carbons (Fsp3) is 0.261. The standard InChI is InChI=1S/C23H24N2O5/c1-4-28-22(26)15-29-21-11-10-19(30-16(2)3)12-20(21)23(27)17-13-24-25(14-17)18-8-6-5-7-9-18/h5-14,16H,4,15H2,1-3H3. The van der Waals surface area contributed by atoms with Crippen molar-refractivity contribution in [2.75, 3.05) is 13.2 Å². The minimum absolute atomic E-state index is 0.0555. The zero-order chi connectivity index (χ0) is 21.5. The second kappa shape index (κ2) is 9.73. The van der Waals surface area contributed by atoms with Crippen LogP contribution in [-0.4, -0.2) is 40.9 Å². The van der Waals surface area contributed by atoms with Crippen LogP contribution in [0.3, 0.4) is 0 Å². The molecule has 7 heteroatoms. The largest absolute Gasteiger partial charge is 0.491 e. The average Bonchev–Trinajstić information content (AvgIpc) is 3.23. The Balaban J connectivity index is 1.90. The summed E-state index contributed by atoms with van der Waals surface area (Å²) in [5, 5.41) is 4.28. The Morgan fingerprint density at radius 1 is 1.10 bits per heavy atom. The molecule has 0 atom stereocenters. The third-order valence-electron chi connectivity index (χ3n) is 4.08. The van der Waals surface area contributed by atoms with Gasteiger partial charge in [-0.05, 0) is 51.1 Å². The van der Waals surface area contributed by atoms with E-state index in [0.717, 1.165) is 5.69 Å². The lowest BCUT2D eigenvalue weighted by molar-refractivity contribution is -0.145. The number of ether oxygens (including phenoxy) is 3. The fourth-order valence-electron chi connectivity index (χ4n) is 2.81. The van der Waals surface area contributed by atoms with Crippen LogP contribution in [0.15, 0.2) is 60.9 Å². The molecule has 3 rings (SSSR count). The van der Waals surface area contributed by atoms with Gasteiger partial charge in [0.2, 0.25) is 0 Å². The molecule has 0 bridgehead atoms. The van der Waals surface area contributed by atoms with Gasteiger partial charge in [-0.25, -0.2) is 9.48 Å². The van der Waals surface area contributed by atoms with Crippen LogP contribution in [0, 0.1) is 0 Å². The molecule has 0 unspecified atom stereocenters. The highest BCUT2D eigenvalue weighted by Gasteiger charge is 2.19. The normalized spacial score (nSPS) is 10.7. The second-order valence-corrected chi connectivity index (χ2v) is 6.76. The molecule has 0 amide bonds. The van der Waals surface area contributed by atoms with Crippen LogP contribution in [0.1, 0.15) is 36.7 Å². The number of rotatable bonds is 9. The highest BCUT2D eigenvalue weighted by atomic mass is 16.6. The summed E-state index contributed by atoms with van der Waals surface area (Å²) in [7, 11) is 0. The molecule has 7 nitrogen and oxygen atoms in total. The van der Waals surface area contributed by atoms with Crippen molar-refractivity contribution < 1.29 is 23.8 Å². The van der Waals surface area contributed by atoms with Crippen LogP contribution in [0.25, 0.3) is 5.69 Å². The van der Waals surface area contributed by atoms with E-state index in [1.54, 1.807) is 36.0 Å². The lowest BCUT2D eigenvalue weighted by atomic mass is 10.0. The zero-order valence-corrected chi connectivity index (χ0v) is 17.2. The molecule has 1 aromatic heterocycles. The number of ketones is 1. The molecule has 0 N–H and O–H groups in total. The molecule has 2 aromatic carbocycles. The van der Waals surface area contributed by atoms with E-state index >= 15 is 0 Å². The molecule has 156 valence electrons. The summed E-state index contributed by atoms with van der Waals surface area (Å²) < 4.78 is 17.8. The minimum atomic E-state index is -0.504. The number of hydrogen-bond donors (Lipinski definition) is 0. The number of carbonyl (C=O) groups excluding carboxylic acids is 2. The maximum Gasteiger partial charge on any atom is 0.344 e. The summed E-state index contributed by atoms with van der Waals surface area (Å²) in [4.78, 5) is 24.9. The van der Waals surface area contributed by atoms with Crippen molar-refractivity contribution in [2.45, 2.75) is 26.9 Å². The summed E-state index contributed by atoms with van der Waals surface area (Å²) in [5.41, 5.74) is 1.51. The maximum atomic E-state index is 13.2. The van der Waals surface area contributed by atoms with Crippen molar-refractivity contribution in [1.82, 2.24) is 9.78 Å². The smallest absolute Gasteiger partial charge is 0.344 e. The van der Waals surface area contributed by atoms with E-state index in [9.17, 15) is 9.59 Å². The number of para-hydroxylation sites is 1. The van der Waals surface area contributed by atoms with E-state index in [1.807, 2.05) is 44.2 Å². The fourth-order valence-corrected chi connectivity index (χ4v) is 2.81. The molecular formula is C23H24N2O5. The highest BCUT2D eigenvalue weighted by Crippen LogP contribution is 2.28. The first-order valence-electron chi connectivity index (χ1n) is 9.72. The number of aromatic nitrogens is 2. The van der Waals surface area contributed by atoms with E-state index in [0.29, 0.717) is 11.3 Å². The van der Waals surface area contributed by atoms with Gasteiger partial charge in [-0.2, -0.15) is 5.10 Å². The first-order valence-corrected chi connectivity index (χ1v) is 9.72. The summed E-state index contributed by atoms with van der Waals surface area (Å²) in [6.07, 6.45) is 3.10. The number of nitrogens with zero attached hydrogens (tertiary/aromatic N) is 2. The van der Waals surface area contributed by atoms with Crippen LogP contribution in [0.4, 0.5) is 0 Å². The van der Waals surface area contributed by atoms with Crippen molar-refractivity contribution in [3.8, 4) is 17.2 Å². The molecule has 0 saturated carbocycles. The maximum absolute atomic E-state index is 13.2. The van der Waals surface area contributed by atoms with Crippen LogP contribution in [0.2, 0.25) is 0 Å². The number of hydrogen-bond acceptors (Lipinski definition) is 6. The van der Waals surface area contributed by atoms with E-state index in [-0.39, 0.29) is 36.4 Å². The van der Waals surface area contributed by atoms with Crippen molar-refractivity contribution in [3.05, 3.63) is 72.1 Å². The summed E-state index contributed by atoms with van der Waals surface area (Å²) in [6, 6.07) is 14.4. The molecule has 0 saturated heterocycles. The van der Waals surface area contributed by atoms with E-state index in [4.69, 9.17) is 14.2 Å². The van der Waals surface area contributed by atoms with Gasteiger partial charge < -0.3 is 14.2 Å². The van der Waals surface area contributed by atoms with E-state index in [1.165, 1.54) is 6.20 Å². The Hall–Kier alpha value is -3.61. The Bertz CT molecular complexity index is 1010. The minimum Gasteiger partial charge on any atom is -0.491 e. The van der Waals surface area contributed by atoms with Crippen molar-refractivity contribution in [2.24, 2.45) is 0 Å². The van der Waals surface area contributed by atoms with E-state index in [2.05, 4.69) is 5.10 Å². The van der Waals surface area contributed by atoms with Crippen molar-refractivity contribution in [1.29, 1.82) is 0 Å². The Kier molecular flexibility index (Phi) is 6.85. The summed E-state index contributed by atoms with van der Waals surface area (Å²) in [6.45, 7) is 5.48. The summed E-state index contributed by atoms with van der Waals surface area (Å²) >= 11 is 0. The van der Waals surface area contributed by atoms with Crippen molar-refractivity contribution in [3.63, 3.8) is 0 Å². The lowest BCUT2D eigenvalue weighted by Crippen LogP contribution is -2.16. The van der Waals surface area contributed by atoms with Gasteiger partial charge in [-0.3, -0.25) is 4.79 Å². The third-order valence-corrected chi connectivity index (χ3v) is 4.08. The molecule has 0 aliphatic carbocycles. The van der Waals surface area contributed by atoms with Gasteiger partial charge in [0.05, 0.1) is 35.7 Å². The molecule has 0 radical (unpaired) electrons. The quantitative estimate of drug-likeness (QED) is 0.395. The predicted octanol–water partition coefficient (Wildman–Crippen LogP) is 3.83. The van der Waals surface area contributed by atoms with Crippen molar-refractivity contribution >= 4 is 11.8 Å². The molecule has 3 aromatic rings. The topological polar surface area (TPSA) is 79.7 Å². The molecule has 0 spiro atoms. The van der Waals surface area contributed by atoms with Gasteiger partial charge in [0.15, 0.2) is 12.4 Å². The van der Waals surface area contributed by atoms with Crippen LogP contribution < -0.4 is 9.47 Å². The predicted molar refractivity (Wildman–Crippen MR) is 111 cm³/mol. The zero-order valence-electron chi connectivity index (χ0n) is 17.2. The Labute approximate surface area is 175 Å². The van der Waals surface area contributed by atoms with E-state index < -0.39 is 5.97 Å². The number of esters is 1. The lowest BCUT2D eigenvalue weighted by Gasteiger charge is -2.14. The molecular weight excluding hydrogens is 384 g/mol. The van der Waals surface area contributed by atoms with Gasteiger partial charge in [-0.15, -0.1) is 0 Å². The van der Waals surface area contributed by atoms with Gasteiger partial charge in [0.25, 0.3) is 0 Å². The van der Waals surface area contributed by atoms with Crippen LogP contribution in [0.5, 0.6) is 11.5 Å². The highest BCUT2D eigenvalue weighted by molar-refractivity contribution is 6.10. The molecule has 0 aliphatic rings. The SMILES string of the molecule is CCOC(=O)COc1ccc(OC(C)C)cc1C(=O)c1cnn(-c2ccccc2)c1. The first kappa shape index (κ1) is 21.1. The first-order chi connectivity index (χ1) is 14.5. The van der Waals surface area contributed by atoms with Gasteiger partial charge >= 0.3 is 5.97 Å². The summed E-state index contributed by atoms with van der Waals surface area (Å²) in [5.74, 6) is 0.0180. The third kappa shape index (κ3) is 5.26. The number of carbonyl (C=O) groups is 2. The average molecular weight is 408 g/mol. The molecule has 1 heterocycles. The Morgan fingerprint density at radius 2 is 1.87 bits per heavy atom. The molecule has 30 heavy (non-hydrogen) atoms. The van der Waals surface area contributed by atoms with Gasteiger partial charge in [0, 0.05) is 6.20 Å². The molecule has 0 aliphatic heterocycles. The van der Waals surface area contributed by atoms with Gasteiger partial charge in [-0.1, -0.05) is 18.2 Å². The molecule has 0 fully saturated rings. The van der Waals surface area contributed by atoms with Crippen LogP contribution in [-0.2, 0) is 9.53 Å². The monoisotopic (exact) mass is 408 g/mol. The van der Waals surface area contributed by atoms with Gasteiger partial charge in [0.1, 0.15) is 11.5 Å². The Morgan fingerprint density at radius 3 is 2.57 bits per heavy atom. The number of benzene rings is 2. The van der Waals surface area contributed by atoms with Crippen LogP contribution >= 0.6 is 0 Å². The second-order valence-electron chi connectivity index (χ2n) is 6.76.